The Kier molecular flexibility index (Phi) is 8.21. The minimum atomic E-state index is -4.53. The SMILES string of the molecule is COCc1cc(/C=C/c2cccc(-c3ccccc3)c2C#N)c(C(F)(F)F)cc1CN1CCOCC1. The molecule has 0 amide bonds. The summed E-state index contributed by atoms with van der Waals surface area (Å²) in [6.45, 7) is 3.07. The first-order valence-corrected chi connectivity index (χ1v) is 11.7. The third kappa shape index (κ3) is 6.03. The standard InChI is InChI=1S/C29H27F3N2O2/c1-35-20-25-16-23(28(29(30,31)32)17-24(25)19-34-12-14-36-15-13-34)11-10-22-8-5-9-26(27(22)18-33)21-6-3-2-4-7-21/h2-11,16-17H,12-15,19-20H2,1H3/b11-10+. The number of ether oxygens (including phenoxy) is 2. The molecule has 7 heteroatoms. The predicted octanol–water partition coefficient (Wildman–Crippen LogP) is 6.39. The lowest BCUT2D eigenvalue weighted by Crippen LogP contribution is -2.36. The smallest absolute Gasteiger partial charge is 0.380 e. The molecule has 0 bridgehead atoms. The van der Waals surface area contributed by atoms with Gasteiger partial charge in [0.2, 0.25) is 0 Å². The van der Waals surface area contributed by atoms with Gasteiger partial charge in [-0.2, -0.15) is 18.4 Å². The van der Waals surface area contributed by atoms with Crippen molar-refractivity contribution >= 4 is 12.2 Å². The zero-order valence-electron chi connectivity index (χ0n) is 20.0. The Morgan fingerprint density at radius 2 is 1.69 bits per heavy atom. The molecule has 4 nitrogen and oxygen atoms in total. The molecule has 1 aliphatic heterocycles. The van der Waals surface area contributed by atoms with Gasteiger partial charge in [0, 0.05) is 32.3 Å². The molecule has 0 atom stereocenters. The molecular weight excluding hydrogens is 465 g/mol. The van der Waals surface area contributed by atoms with E-state index in [1.807, 2.05) is 36.4 Å². The molecule has 0 aliphatic carbocycles. The van der Waals surface area contributed by atoms with Crippen molar-refractivity contribution in [1.29, 1.82) is 5.26 Å². The summed E-state index contributed by atoms with van der Waals surface area (Å²) in [4.78, 5) is 2.09. The Hall–Kier alpha value is -3.44. The highest BCUT2D eigenvalue weighted by atomic mass is 19.4. The summed E-state index contributed by atoms with van der Waals surface area (Å²) in [5.74, 6) is 0. The van der Waals surface area contributed by atoms with Crippen molar-refractivity contribution in [2.24, 2.45) is 0 Å². The third-order valence-corrected chi connectivity index (χ3v) is 6.21. The minimum absolute atomic E-state index is 0.0364. The minimum Gasteiger partial charge on any atom is -0.380 e. The van der Waals surface area contributed by atoms with Gasteiger partial charge < -0.3 is 9.47 Å². The van der Waals surface area contributed by atoms with Crippen LogP contribution in [0.15, 0.2) is 60.7 Å². The van der Waals surface area contributed by atoms with Gasteiger partial charge in [0.05, 0.1) is 30.9 Å². The predicted molar refractivity (Wildman–Crippen MR) is 134 cm³/mol. The van der Waals surface area contributed by atoms with Gasteiger partial charge >= 0.3 is 6.18 Å². The summed E-state index contributed by atoms with van der Waals surface area (Å²) in [7, 11) is 1.53. The molecule has 1 fully saturated rings. The Bertz CT molecular complexity index is 1260. The fourth-order valence-corrected chi connectivity index (χ4v) is 4.40. The maximum Gasteiger partial charge on any atom is 0.416 e. The molecular formula is C29H27F3N2O2. The average molecular weight is 493 g/mol. The topological polar surface area (TPSA) is 45.5 Å². The van der Waals surface area contributed by atoms with E-state index in [1.54, 1.807) is 24.3 Å². The van der Waals surface area contributed by atoms with Crippen LogP contribution in [0.3, 0.4) is 0 Å². The van der Waals surface area contributed by atoms with Gasteiger partial charge in [0.1, 0.15) is 6.07 Å². The number of halogens is 3. The number of alkyl halides is 3. The van der Waals surface area contributed by atoms with Gasteiger partial charge in [0.15, 0.2) is 0 Å². The van der Waals surface area contributed by atoms with Crippen LogP contribution >= 0.6 is 0 Å². The molecule has 0 radical (unpaired) electrons. The van der Waals surface area contributed by atoms with Crippen LogP contribution in [-0.2, 0) is 28.8 Å². The first-order chi connectivity index (χ1) is 17.4. The van der Waals surface area contributed by atoms with E-state index in [1.165, 1.54) is 19.3 Å². The summed E-state index contributed by atoms with van der Waals surface area (Å²) in [6.07, 6.45) is -1.52. The molecule has 0 aromatic heterocycles. The molecule has 3 aromatic rings. The van der Waals surface area contributed by atoms with Crippen LogP contribution < -0.4 is 0 Å². The van der Waals surface area contributed by atoms with Gasteiger partial charge in [0.25, 0.3) is 0 Å². The van der Waals surface area contributed by atoms with E-state index in [-0.39, 0.29) is 12.2 Å². The van der Waals surface area contributed by atoms with Crippen molar-refractivity contribution in [1.82, 2.24) is 4.90 Å². The molecule has 1 heterocycles. The molecule has 3 aromatic carbocycles. The van der Waals surface area contributed by atoms with Gasteiger partial charge in [-0.15, -0.1) is 0 Å². The number of hydrogen-bond donors (Lipinski definition) is 0. The second kappa shape index (κ2) is 11.5. The molecule has 0 N–H and O–H groups in total. The van der Waals surface area contributed by atoms with E-state index in [4.69, 9.17) is 9.47 Å². The maximum atomic E-state index is 14.1. The lowest BCUT2D eigenvalue weighted by Gasteiger charge is -2.28. The summed E-state index contributed by atoms with van der Waals surface area (Å²) in [5.41, 5.74) is 3.19. The van der Waals surface area contributed by atoms with Crippen molar-refractivity contribution in [2.75, 3.05) is 33.4 Å². The fourth-order valence-electron chi connectivity index (χ4n) is 4.40. The second-order valence-electron chi connectivity index (χ2n) is 8.61. The largest absolute Gasteiger partial charge is 0.416 e. The van der Waals surface area contributed by atoms with Crippen LogP contribution in [-0.4, -0.2) is 38.3 Å². The monoisotopic (exact) mass is 492 g/mol. The van der Waals surface area contributed by atoms with Crippen molar-refractivity contribution in [3.05, 3.63) is 94.0 Å². The Morgan fingerprint density at radius 1 is 0.972 bits per heavy atom. The summed E-state index contributed by atoms with van der Waals surface area (Å²) < 4.78 is 53.1. The molecule has 1 aliphatic rings. The number of nitriles is 1. The molecule has 0 spiro atoms. The quantitative estimate of drug-likeness (QED) is 0.359. The van der Waals surface area contributed by atoms with E-state index in [9.17, 15) is 18.4 Å². The number of methoxy groups -OCH3 is 1. The van der Waals surface area contributed by atoms with Gasteiger partial charge in [-0.05, 0) is 39.9 Å². The highest BCUT2D eigenvalue weighted by Crippen LogP contribution is 2.36. The number of benzene rings is 3. The highest BCUT2D eigenvalue weighted by Gasteiger charge is 2.34. The first-order valence-electron chi connectivity index (χ1n) is 11.7. The van der Waals surface area contributed by atoms with Crippen LogP contribution in [0.5, 0.6) is 0 Å². The van der Waals surface area contributed by atoms with Crippen LogP contribution in [0.25, 0.3) is 23.3 Å². The van der Waals surface area contributed by atoms with Gasteiger partial charge in [-0.3, -0.25) is 4.90 Å². The summed E-state index contributed by atoms with van der Waals surface area (Å²) >= 11 is 0. The van der Waals surface area contributed by atoms with Crippen molar-refractivity contribution in [3.8, 4) is 17.2 Å². The lowest BCUT2D eigenvalue weighted by atomic mass is 9.94. The highest BCUT2D eigenvalue weighted by molar-refractivity contribution is 5.81. The van der Waals surface area contributed by atoms with Crippen LogP contribution in [0.2, 0.25) is 0 Å². The molecule has 36 heavy (non-hydrogen) atoms. The Morgan fingerprint density at radius 3 is 2.36 bits per heavy atom. The summed E-state index contributed by atoms with van der Waals surface area (Å²) in [6, 6.07) is 19.8. The zero-order valence-corrected chi connectivity index (χ0v) is 20.0. The molecule has 1 saturated heterocycles. The van der Waals surface area contributed by atoms with E-state index in [0.29, 0.717) is 55.1 Å². The molecule has 186 valence electrons. The summed E-state index contributed by atoms with van der Waals surface area (Å²) in [5, 5.41) is 9.85. The van der Waals surface area contributed by atoms with Crippen molar-refractivity contribution in [3.63, 3.8) is 0 Å². The second-order valence-corrected chi connectivity index (χ2v) is 8.61. The van der Waals surface area contributed by atoms with Crippen molar-refractivity contribution < 1.29 is 22.6 Å². The number of nitrogens with zero attached hydrogens (tertiary/aromatic N) is 2. The van der Waals surface area contributed by atoms with E-state index < -0.39 is 11.7 Å². The first kappa shape index (κ1) is 25.6. The van der Waals surface area contributed by atoms with Crippen LogP contribution in [0, 0.1) is 11.3 Å². The Balaban J connectivity index is 1.75. The lowest BCUT2D eigenvalue weighted by molar-refractivity contribution is -0.137. The number of hydrogen-bond acceptors (Lipinski definition) is 4. The number of morpholine rings is 1. The molecule has 4 rings (SSSR count). The average Bonchev–Trinajstić information content (AvgIpc) is 2.89. The third-order valence-electron chi connectivity index (χ3n) is 6.21. The Labute approximate surface area is 209 Å². The zero-order chi connectivity index (χ0) is 25.5. The maximum absolute atomic E-state index is 14.1. The van der Waals surface area contributed by atoms with Gasteiger partial charge in [-0.25, -0.2) is 0 Å². The van der Waals surface area contributed by atoms with Crippen LogP contribution in [0.1, 0.15) is 33.4 Å². The molecule has 0 saturated carbocycles. The van der Waals surface area contributed by atoms with E-state index >= 15 is 0 Å². The number of rotatable bonds is 7. The van der Waals surface area contributed by atoms with Crippen molar-refractivity contribution in [2.45, 2.75) is 19.3 Å². The van der Waals surface area contributed by atoms with Crippen LogP contribution in [0.4, 0.5) is 13.2 Å². The fraction of sp³-hybridized carbons (Fsp3) is 0.276. The molecule has 0 unspecified atom stereocenters. The van der Waals surface area contributed by atoms with E-state index in [2.05, 4.69) is 11.0 Å². The normalized spacial score (nSPS) is 14.8. The van der Waals surface area contributed by atoms with Gasteiger partial charge in [-0.1, -0.05) is 60.7 Å². The van der Waals surface area contributed by atoms with E-state index in [0.717, 1.165) is 11.1 Å².